The Hall–Kier alpha value is -0.220. The van der Waals surface area contributed by atoms with Crippen LogP contribution in [-0.4, -0.2) is 48.5 Å². The normalized spacial score (nSPS) is 26.1. The van der Waals surface area contributed by atoms with Crippen LogP contribution in [0.3, 0.4) is 0 Å². The first-order valence-corrected chi connectivity index (χ1v) is 7.08. The van der Waals surface area contributed by atoms with Gasteiger partial charge in [-0.1, -0.05) is 0 Å². The number of carbonyl (C=O) groups excluding carboxylic acids is 1. The number of thioether (sulfide) groups is 1. The van der Waals surface area contributed by atoms with Gasteiger partial charge >= 0.3 is 0 Å². The summed E-state index contributed by atoms with van der Waals surface area (Å²) in [5.41, 5.74) is 0. The highest BCUT2D eigenvalue weighted by Gasteiger charge is 2.19. The van der Waals surface area contributed by atoms with E-state index in [1.165, 1.54) is 30.8 Å². The minimum atomic E-state index is 0.290. The number of nitrogens with one attached hydrogen (secondary N) is 1. The van der Waals surface area contributed by atoms with Crippen molar-refractivity contribution < 1.29 is 4.79 Å². The molecule has 2 fully saturated rings. The fourth-order valence-corrected chi connectivity index (χ4v) is 3.49. The predicted octanol–water partition coefficient (Wildman–Crippen LogP) is 0.952. The van der Waals surface area contributed by atoms with Crippen LogP contribution in [0, 0.1) is 5.92 Å². The van der Waals surface area contributed by atoms with Crippen molar-refractivity contribution in [1.82, 2.24) is 10.2 Å². The molecule has 3 nitrogen and oxygen atoms in total. The molecule has 2 heterocycles. The van der Waals surface area contributed by atoms with Crippen LogP contribution < -0.4 is 5.32 Å². The molecule has 2 saturated heterocycles. The average molecular weight is 228 g/mol. The quantitative estimate of drug-likeness (QED) is 0.777. The summed E-state index contributed by atoms with van der Waals surface area (Å²) in [6.45, 7) is 3.51. The summed E-state index contributed by atoms with van der Waals surface area (Å²) in [6, 6.07) is 0. The molecular formula is C11H20N2OS. The Kier molecular flexibility index (Phi) is 4.32. The van der Waals surface area contributed by atoms with Crippen LogP contribution in [0.2, 0.25) is 0 Å². The molecule has 1 amide bonds. The molecule has 0 bridgehead atoms. The molecular weight excluding hydrogens is 208 g/mol. The highest BCUT2D eigenvalue weighted by Crippen LogP contribution is 2.22. The zero-order chi connectivity index (χ0) is 10.5. The van der Waals surface area contributed by atoms with Crippen molar-refractivity contribution in [2.45, 2.75) is 19.3 Å². The molecule has 0 aromatic heterocycles. The third kappa shape index (κ3) is 3.38. The molecule has 0 radical (unpaired) electrons. The lowest BCUT2D eigenvalue weighted by Crippen LogP contribution is -2.37. The largest absolute Gasteiger partial charge is 0.342 e. The zero-order valence-electron chi connectivity index (χ0n) is 9.21. The highest BCUT2D eigenvalue weighted by molar-refractivity contribution is 7.99. The second-order valence-corrected chi connectivity index (χ2v) is 5.60. The minimum absolute atomic E-state index is 0.290. The zero-order valence-corrected chi connectivity index (χ0v) is 10.0. The Balaban J connectivity index is 1.58. The standard InChI is InChI=1S/C11H20N2OS/c14-11(13-4-1-2-5-13)8-12-7-10-3-6-15-9-10/h10,12H,1-9H2. The first kappa shape index (κ1) is 11.3. The second-order valence-electron chi connectivity index (χ2n) is 4.45. The smallest absolute Gasteiger partial charge is 0.236 e. The minimum Gasteiger partial charge on any atom is -0.342 e. The van der Waals surface area contributed by atoms with Gasteiger partial charge in [0.05, 0.1) is 6.54 Å². The molecule has 2 aliphatic rings. The van der Waals surface area contributed by atoms with Gasteiger partial charge in [0.25, 0.3) is 0 Å². The molecule has 15 heavy (non-hydrogen) atoms. The number of carbonyl (C=O) groups is 1. The van der Waals surface area contributed by atoms with Gasteiger partial charge in [-0.25, -0.2) is 0 Å². The Morgan fingerprint density at radius 1 is 1.40 bits per heavy atom. The number of hydrogen-bond acceptors (Lipinski definition) is 3. The first-order valence-electron chi connectivity index (χ1n) is 5.92. The van der Waals surface area contributed by atoms with Gasteiger partial charge in [-0.05, 0) is 43.2 Å². The molecule has 1 atom stereocenters. The van der Waals surface area contributed by atoms with E-state index in [1.54, 1.807) is 0 Å². The number of amides is 1. The van der Waals surface area contributed by atoms with Crippen molar-refractivity contribution in [3.63, 3.8) is 0 Å². The van der Waals surface area contributed by atoms with Crippen LogP contribution >= 0.6 is 11.8 Å². The van der Waals surface area contributed by atoms with Crippen molar-refractivity contribution in [3.8, 4) is 0 Å². The molecule has 0 aromatic rings. The topological polar surface area (TPSA) is 32.3 Å². The van der Waals surface area contributed by atoms with Gasteiger partial charge < -0.3 is 10.2 Å². The van der Waals surface area contributed by atoms with Crippen LogP contribution in [0.1, 0.15) is 19.3 Å². The van der Waals surface area contributed by atoms with Crippen LogP contribution in [0.15, 0.2) is 0 Å². The van der Waals surface area contributed by atoms with Crippen LogP contribution in [0.4, 0.5) is 0 Å². The van der Waals surface area contributed by atoms with E-state index < -0.39 is 0 Å². The summed E-state index contributed by atoms with van der Waals surface area (Å²) in [4.78, 5) is 13.7. The van der Waals surface area contributed by atoms with E-state index in [2.05, 4.69) is 5.32 Å². The summed E-state index contributed by atoms with van der Waals surface area (Å²) in [7, 11) is 0. The summed E-state index contributed by atoms with van der Waals surface area (Å²) in [6.07, 6.45) is 3.69. The Morgan fingerprint density at radius 3 is 2.87 bits per heavy atom. The van der Waals surface area contributed by atoms with E-state index in [4.69, 9.17) is 0 Å². The first-order chi connectivity index (χ1) is 7.36. The van der Waals surface area contributed by atoms with Gasteiger partial charge in [-0.3, -0.25) is 4.79 Å². The van der Waals surface area contributed by atoms with Crippen LogP contribution in [-0.2, 0) is 4.79 Å². The summed E-state index contributed by atoms with van der Waals surface area (Å²) >= 11 is 2.03. The third-order valence-corrected chi connectivity index (χ3v) is 4.42. The maximum absolute atomic E-state index is 11.7. The number of rotatable bonds is 4. The summed E-state index contributed by atoms with van der Waals surface area (Å²) in [5, 5.41) is 3.30. The van der Waals surface area contributed by atoms with Gasteiger partial charge in [0.1, 0.15) is 0 Å². The molecule has 0 saturated carbocycles. The molecule has 0 aromatic carbocycles. The van der Waals surface area contributed by atoms with E-state index in [1.807, 2.05) is 16.7 Å². The second kappa shape index (κ2) is 5.75. The molecule has 4 heteroatoms. The van der Waals surface area contributed by atoms with Crippen molar-refractivity contribution in [2.24, 2.45) is 5.92 Å². The lowest BCUT2D eigenvalue weighted by atomic mass is 10.1. The van der Waals surface area contributed by atoms with Crippen molar-refractivity contribution >= 4 is 17.7 Å². The SMILES string of the molecule is O=C(CNCC1CCSC1)N1CCCC1. The van der Waals surface area contributed by atoms with E-state index in [0.29, 0.717) is 6.54 Å². The maximum Gasteiger partial charge on any atom is 0.236 e. The molecule has 2 rings (SSSR count). The van der Waals surface area contributed by atoms with E-state index in [9.17, 15) is 4.79 Å². The monoisotopic (exact) mass is 228 g/mol. The number of nitrogens with zero attached hydrogens (tertiary/aromatic N) is 1. The van der Waals surface area contributed by atoms with Crippen LogP contribution in [0.25, 0.3) is 0 Å². The van der Waals surface area contributed by atoms with Gasteiger partial charge in [0.2, 0.25) is 5.91 Å². The summed E-state index contributed by atoms with van der Waals surface area (Å²) < 4.78 is 0. The lowest BCUT2D eigenvalue weighted by molar-refractivity contribution is -0.129. The van der Waals surface area contributed by atoms with E-state index in [-0.39, 0.29) is 5.91 Å². The fraction of sp³-hybridized carbons (Fsp3) is 0.909. The fourth-order valence-electron chi connectivity index (χ4n) is 2.21. The van der Waals surface area contributed by atoms with Gasteiger partial charge in [0, 0.05) is 13.1 Å². The average Bonchev–Trinajstić information content (AvgIpc) is 2.90. The molecule has 0 aliphatic carbocycles. The van der Waals surface area contributed by atoms with Crippen molar-refractivity contribution in [1.29, 1.82) is 0 Å². The predicted molar refractivity (Wildman–Crippen MR) is 64.1 cm³/mol. The third-order valence-electron chi connectivity index (χ3n) is 3.19. The molecule has 86 valence electrons. The molecule has 0 spiro atoms. The highest BCUT2D eigenvalue weighted by atomic mass is 32.2. The van der Waals surface area contributed by atoms with Crippen molar-refractivity contribution in [2.75, 3.05) is 37.7 Å². The number of hydrogen-bond donors (Lipinski definition) is 1. The Labute approximate surface area is 96.0 Å². The molecule has 1 unspecified atom stereocenters. The Morgan fingerprint density at radius 2 is 2.20 bits per heavy atom. The van der Waals surface area contributed by atoms with Crippen LogP contribution in [0.5, 0.6) is 0 Å². The van der Waals surface area contributed by atoms with E-state index >= 15 is 0 Å². The van der Waals surface area contributed by atoms with Gasteiger partial charge in [-0.15, -0.1) is 0 Å². The number of likely N-dealkylation sites (tertiary alicyclic amines) is 1. The van der Waals surface area contributed by atoms with Gasteiger partial charge in [-0.2, -0.15) is 11.8 Å². The Bertz CT molecular complexity index is 211. The molecule has 1 N–H and O–H groups in total. The summed E-state index contributed by atoms with van der Waals surface area (Å²) in [5.74, 6) is 3.65. The van der Waals surface area contributed by atoms with Gasteiger partial charge in [0.15, 0.2) is 0 Å². The maximum atomic E-state index is 11.7. The molecule has 2 aliphatic heterocycles. The lowest BCUT2D eigenvalue weighted by Gasteiger charge is -2.16. The van der Waals surface area contributed by atoms with Crippen molar-refractivity contribution in [3.05, 3.63) is 0 Å². The van der Waals surface area contributed by atoms with E-state index in [0.717, 1.165) is 25.6 Å².